The third-order valence-corrected chi connectivity index (χ3v) is 4.49. The first kappa shape index (κ1) is 12.4. The second-order valence-electron chi connectivity index (χ2n) is 3.69. The van der Waals surface area contributed by atoms with E-state index in [4.69, 9.17) is 0 Å². The fourth-order valence-electron chi connectivity index (χ4n) is 1.74. The maximum absolute atomic E-state index is 11.7. The summed E-state index contributed by atoms with van der Waals surface area (Å²) in [7, 11) is -3.14. The normalized spacial score (nSPS) is 23.4. The molecule has 15 heavy (non-hydrogen) atoms. The molecule has 1 saturated heterocycles. The van der Waals surface area contributed by atoms with Crippen LogP contribution in [-0.2, 0) is 14.8 Å². The van der Waals surface area contributed by atoms with E-state index < -0.39 is 10.0 Å². The number of nitrogens with zero attached hydrogens (tertiary/aromatic N) is 2. The maximum Gasteiger partial charge on any atom is 0.235 e. The van der Waals surface area contributed by atoms with Crippen molar-refractivity contribution in [2.75, 3.05) is 18.8 Å². The van der Waals surface area contributed by atoms with E-state index in [-0.39, 0.29) is 11.8 Å². The smallest absolute Gasteiger partial charge is 0.212 e. The molecule has 0 aliphatic carbocycles. The third kappa shape index (κ3) is 3.41. The van der Waals surface area contributed by atoms with Crippen LogP contribution < -0.4 is 0 Å². The van der Waals surface area contributed by atoms with Crippen molar-refractivity contribution in [2.24, 2.45) is 4.99 Å². The van der Waals surface area contributed by atoms with Gasteiger partial charge >= 0.3 is 0 Å². The fourth-order valence-corrected chi connectivity index (χ4v) is 3.32. The lowest BCUT2D eigenvalue weighted by Gasteiger charge is -2.29. The van der Waals surface area contributed by atoms with Crippen molar-refractivity contribution in [2.45, 2.75) is 32.2 Å². The van der Waals surface area contributed by atoms with Gasteiger partial charge in [0.1, 0.15) is 0 Å². The van der Waals surface area contributed by atoms with Crippen molar-refractivity contribution in [1.82, 2.24) is 4.31 Å². The highest BCUT2D eigenvalue weighted by molar-refractivity contribution is 7.89. The lowest BCUT2D eigenvalue weighted by Crippen LogP contribution is -2.42. The Morgan fingerprint density at radius 1 is 1.53 bits per heavy atom. The molecule has 0 aromatic carbocycles. The number of rotatable bonds is 4. The molecule has 5 nitrogen and oxygen atoms in total. The molecule has 0 N–H and O–H groups in total. The van der Waals surface area contributed by atoms with Crippen LogP contribution in [0, 0.1) is 0 Å². The minimum atomic E-state index is -3.14. The van der Waals surface area contributed by atoms with Gasteiger partial charge in [-0.1, -0.05) is 6.92 Å². The Labute approximate surface area is 90.2 Å². The highest BCUT2D eigenvalue weighted by atomic mass is 32.2. The van der Waals surface area contributed by atoms with E-state index >= 15 is 0 Å². The van der Waals surface area contributed by atoms with Crippen LogP contribution in [0.2, 0.25) is 0 Å². The summed E-state index contributed by atoms with van der Waals surface area (Å²) >= 11 is 0. The van der Waals surface area contributed by atoms with E-state index in [1.54, 1.807) is 0 Å². The molecule has 1 aliphatic heterocycles. The molecular weight excluding hydrogens is 216 g/mol. The fraction of sp³-hybridized carbons (Fsp3) is 0.889. The SMILES string of the molecule is CCCS(=O)(=O)N1CCCC(N=C=O)C1. The van der Waals surface area contributed by atoms with E-state index in [9.17, 15) is 13.2 Å². The van der Waals surface area contributed by atoms with Gasteiger partial charge in [0.15, 0.2) is 0 Å². The molecule has 0 radical (unpaired) electrons. The van der Waals surface area contributed by atoms with Crippen LogP contribution >= 0.6 is 0 Å². The molecule has 1 aliphatic rings. The van der Waals surface area contributed by atoms with Crippen molar-refractivity contribution in [3.05, 3.63) is 0 Å². The van der Waals surface area contributed by atoms with Crippen LogP contribution in [-0.4, -0.2) is 43.7 Å². The zero-order chi connectivity index (χ0) is 11.3. The van der Waals surface area contributed by atoms with E-state index in [1.807, 2.05) is 6.92 Å². The summed E-state index contributed by atoms with van der Waals surface area (Å²) in [6, 6.07) is -0.206. The van der Waals surface area contributed by atoms with Crippen molar-refractivity contribution < 1.29 is 13.2 Å². The number of hydrogen-bond acceptors (Lipinski definition) is 4. The number of isocyanates is 1. The van der Waals surface area contributed by atoms with Gasteiger partial charge in [-0.05, 0) is 19.3 Å². The van der Waals surface area contributed by atoms with Gasteiger partial charge in [-0.15, -0.1) is 0 Å². The Kier molecular flexibility index (Phi) is 4.45. The number of carbonyl (C=O) groups excluding carboxylic acids is 1. The molecule has 0 aromatic heterocycles. The summed E-state index contributed by atoms with van der Waals surface area (Å²) in [6.07, 6.45) is 3.64. The molecule has 1 heterocycles. The summed E-state index contributed by atoms with van der Waals surface area (Å²) in [4.78, 5) is 13.7. The number of piperidine rings is 1. The van der Waals surface area contributed by atoms with Crippen molar-refractivity contribution in [3.63, 3.8) is 0 Å². The topological polar surface area (TPSA) is 66.8 Å². The molecule has 1 unspecified atom stereocenters. The molecule has 86 valence electrons. The number of hydrogen-bond donors (Lipinski definition) is 0. The van der Waals surface area contributed by atoms with Gasteiger partial charge in [0.25, 0.3) is 0 Å². The van der Waals surface area contributed by atoms with Crippen molar-refractivity contribution in [3.8, 4) is 0 Å². The molecule has 1 rings (SSSR count). The average molecular weight is 232 g/mol. The van der Waals surface area contributed by atoms with Gasteiger partial charge in [-0.2, -0.15) is 4.31 Å². The Balaban J connectivity index is 2.67. The minimum absolute atomic E-state index is 0.171. The molecule has 0 spiro atoms. The summed E-state index contributed by atoms with van der Waals surface area (Å²) in [5.74, 6) is 0.171. The first-order chi connectivity index (χ1) is 7.10. The van der Waals surface area contributed by atoms with Gasteiger partial charge in [0.05, 0.1) is 11.8 Å². The van der Waals surface area contributed by atoms with Crippen LogP contribution in [0.4, 0.5) is 0 Å². The van der Waals surface area contributed by atoms with E-state index in [2.05, 4.69) is 4.99 Å². The van der Waals surface area contributed by atoms with Gasteiger partial charge in [0, 0.05) is 13.1 Å². The second kappa shape index (κ2) is 5.39. The van der Waals surface area contributed by atoms with Crippen LogP contribution in [0.15, 0.2) is 4.99 Å². The molecule has 0 amide bonds. The predicted molar refractivity (Wildman–Crippen MR) is 56.8 cm³/mol. The number of aliphatic imine (C=N–C) groups is 1. The van der Waals surface area contributed by atoms with Crippen LogP contribution in [0.1, 0.15) is 26.2 Å². The summed E-state index contributed by atoms with van der Waals surface area (Å²) in [5, 5.41) is 0. The quantitative estimate of drug-likeness (QED) is 0.524. The molecule has 1 atom stereocenters. The highest BCUT2D eigenvalue weighted by Gasteiger charge is 2.27. The van der Waals surface area contributed by atoms with Crippen molar-refractivity contribution >= 4 is 16.1 Å². The molecule has 0 aromatic rings. The first-order valence-electron chi connectivity index (χ1n) is 5.15. The Morgan fingerprint density at radius 3 is 2.87 bits per heavy atom. The lowest BCUT2D eigenvalue weighted by atomic mass is 10.1. The summed E-state index contributed by atoms with van der Waals surface area (Å²) < 4.78 is 24.9. The van der Waals surface area contributed by atoms with E-state index in [1.165, 1.54) is 10.4 Å². The second-order valence-corrected chi connectivity index (χ2v) is 5.78. The van der Waals surface area contributed by atoms with Gasteiger partial charge < -0.3 is 0 Å². The lowest BCUT2D eigenvalue weighted by molar-refractivity contribution is 0.316. The predicted octanol–water partition coefficient (Wildman–Crippen LogP) is 0.526. The first-order valence-corrected chi connectivity index (χ1v) is 6.76. The molecule has 0 saturated carbocycles. The molecule has 0 bridgehead atoms. The third-order valence-electron chi connectivity index (χ3n) is 2.45. The van der Waals surface area contributed by atoms with Gasteiger partial charge in [-0.25, -0.2) is 18.2 Å². The Hall–Kier alpha value is -0.710. The van der Waals surface area contributed by atoms with E-state index in [0.717, 1.165) is 12.8 Å². The summed E-state index contributed by atoms with van der Waals surface area (Å²) in [5.41, 5.74) is 0. The van der Waals surface area contributed by atoms with Crippen LogP contribution in [0.25, 0.3) is 0 Å². The monoisotopic (exact) mass is 232 g/mol. The van der Waals surface area contributed by atoms with Crippen LogP contribution in [0.5, 0.6) is 0 Å². The minimum Gasteiger partial charge on any atom is -0.212 e. The average Bonchev–Trinajstić information content (AvgIpc) is 2.19. The highest BCUT2D eigenvalue weighted by Crippen LogP contribution is 2.16. The Morgan fingerprint density at radius 2 is 2.27 bits per heavy atom. The zero-order valence-corrected chi connectivity index (χ0v) is 9.66. The maximum atomic E-state index is 11.7. The zero-order valence-electron chi connectivity index (χ0n) is 8.85. The standard InChI is InChI=1S/C9H16N2O3S/c1-2-6-15(13,14)11-5-3-4-9(7-11)10-8-12/h9H,2-7H2,1H3. The largest absolute Gasteiger partial charge is 0.235 e. The van der Waals surface area contributed by atoms with Crippen LogP contribution in [0.3, 0.4) is 0 Å². The molecule has 1 fully saturated rings. The summed E-state index contributed by atoms with van der Waals surface area (Å²) in [6.45, 7) is 2.72. The number of sulfonamides is 1. The Bertz CT molecular complexity index is 346. The van der Waals surface area contributed by atoms with E-state index in [0.29, 0.717) is 19.5 Å². The van der Waals surface area contributed by atoms with Crippen molar-refractivity contribution in [1.29, 1.82) is 0 Å². The molecular formula is C9H16N2O3S. The molecule has 6 heteroatoms. The van der Waals surface area contributed by atoms with Gasteiger partial charge in [0.2, 0.25) is 16.1 Å². The van der Waals surface area contributed by atoms with Gasteiger partial charge in [-0.3, -0.25) is 0 Å².